The molecule has 11 heteroatoms. The number of nitrogens with zero attached hydrogens (tertiary/aromatic N) is 4. The Morgan fingerprint density at radius 2 is 1.75 bits per heavy atom. The summed E-state index contributed by atoms with van der Waals surface area (Å²) >= 11 is 0. The van der Waals surface area contributed by atoms with E-state index in [1.807, 2.05) is 4.90 Å². The number of rotatable bonds is 2. The fraction of sp³-hybridized carbons (Fsp3) is 0.714. The number of hydrogen-bond acceptors (Lipinski definition) is 5. The van der Waals surface area contributed by atoms with Crippen LogP contribution in [0.1, 0.15) is 55.7 Å². The van der Waals surface area contributed by atoms with Crippen LogP contribution >= 0.6 is 0 Å². The van der Waals surface area contributed by atoms with E-state index in [0.29, 0.717) is 6.04 Å². The third-order valence-electron chi connectivity index (χ3n) is 6.43. The number of alkyl halides is 3. The predicted octanol–water partition coefficient (Wildman–Crippen LogP) is 2.16. The van der Waals surface area contributed by atoms with Gasteiger partial charge in [-0.15, -0.1) is 0 Å². The van der Waals surface area contributed by atoms with Crippen molar-refractivity contribution in [2.75, 3.05) is 26.2 Å². The minimum absolute atomic E-state index is 0.135. The molecule has 1 amide bonds. The first-order valence-corrected chi connectivity index (χ1v) is 10.9. The Bertz CT molecular complexity index is 925. The lowest BCUT2D eigenvalue weighted by atomic mass is 9.86. The zero-order chi connectivity index (χ0) is 23.7. The maximum atomic E-state index is 12.7. The van der Waals surface area contributed by atoms with E-state index in [-0.39, 0.29) is 22.4 Å². The van der Waals surface area contributed by atoms with E-state index >= 15 is 0 Å². The molecule has 3 aliphatic heterocycles. The van der Waals surface area contributed by atoms with Gasteiger partial charge in [0.05, 0.1) is 0 Å². The predicted molar refractivity (Wildman–Crippen MR) is 109 cm³/mol. The first-order chi connectivity index (χ1) is 14.9. The van der Waals surface area contributed by atoms with E-state index < -0.39 is 12.1 Å². The molecule has 0 bridgehead atoms. The lowest BCUT2D eigenvalue weighted by Crippen LogP contribution is -2.39. The number of likely N-dealkylation sites (tertiary alicyclic amines) is 2. The number of aliphatic carboxylic acids is 1. The largest absolute Gasteiger partial charge is 0.490 e. The van der Waals surface area contributed by atoms with Gasteiger partial charge in [0, 0.05) is 50.3 Å². The third-order valence-corrected chi connectivity index (χ3v) is 6.43. The van der Waals surface area contributed by atoms with E-state index in [4.69, 9.17) is 9.90 Å². The molecular formula is C21H29F3N4O4. The van der Waals surface area contributed by atoms with E-state index in [0.717, 1.165) is 64.2 Å². The highest BCUT2D eigenvalue weighted by Gasteiger charge is 2.44. The molecule has 0 radical (unpaired) electrons. The Morgan fingerprint density at radius 3 is 2.28 bits per heavy atom. The number of carbonyl (C=O) groups excluding carboxylic acids is 1. The van der Waals surface area contributed by atoms with Crippen LogP contribution in [0.2, 0.25) is 0 Å². The van der Waals surface area contributed by atoms with Gasteiger partial charge < -0.3 is 19.5 Å². The molecule has 3 aliphatic rings. The minimum Gasteiger partial charge on any atom is -0.475 e. The number of aromatic nitrogens is 2. The average molecular weight is 458 g/mol. The molecule has 0 aliphatic carbocycles. The van der Waals surface area contributed by atoms with Crippen LogP contribution in [0.4, 0.5) is 13.2 Å². The summed E-state index contributed by atoms with van der Waals surface area (Å²) in [6, 6.07) is 0.548. The van der Waals surface area contributed by atoms with Crippen molar-refractivity contribution in [2.24, 2.45) is 5.41 Å². The van der Waals surface area contributed by atoms with Crippen molar-refractivity contribution < 1.29 is 27.9 Å². The summed E-state index contributed by atoms with van der Waals surface area (Å²) in [5.74, 6) is -2.04. The van der Waals surface area contributed by atoms with Gasteiger partial charge in [0.25, 0.3) is 11.5 Å². The number of hydrogen-bond donors (Lipinski definition) is 1. The fourth-order valence-corrected chi connectivity index (χ4v) is 4.66. The molecule has 0 aromatic carbocycles. The summed E-state index contributed by atoms with van der Waals surface area (Å²) in [5.41, 5.74) is 0.0859. The summed E-state index contributed by atoms with van der Waals surface area (Å²) in [4.78, 5) is 42.7. The highest BCUT2D eigenvalue weighted by atomic mass is 19.4. The first-order valence-electron chi connectivity index (χ1n) is 10.9. The lowest BCUT2D eigenvalue weighted by Gasteiger charge is -2.26. The standard InChI is InChI=1S/C19H28N4O2.C2HF3O2/c1-14(2)22-9-6-19(12-22)10-16-20-17(24)15(11-23(16)13-19)18(25)21-7-4-3-5-8-21;3-2(4,5)1(6)7/h11,14H,3-10,12-13H2,1-2H3;(H,6,7). The minimum atomic E-state index is -5.08. The topological polar surface area (TPSA) is 95.7 Å². The first kappa shape index (κ1) is 24.2. The van der Waals surface area contributed by atoms with Crippen molar-refractivity contribution in [3.63, 3.8) is 0 Å². The molecule has 1 aromatic rings. The number of halogens is 3. The summed E-state index contributed by atoms with van der Waals surface area (Å²) in [7, 11) is 0. The Balaban J connectivity index is 0.000000360. The van der Waals surface area contributed by atoms with Crippen molar-refractivity contribution in [3.8, 4) is 0 Å². The molecule has 178 valence electrons. The Morgan fingerprint density at radius 1 is 1.12 bits per heavy atom. The van der Waals surface area contributed by atoms with Gasteiger partial charge in [-0.25, -0.2) is 4.79 Å². The summed E-state index contributed by atoms with van der Waals surface area (Å²) in [6.07, 6.45) is 1.91. The smallest absolute Gasteiger partial charge is 0.475 e. The van der Waals surface area contributed by atoms with Gasteiger partial charge in [-0.1, -0.05) is 0 Å². The van der Waals surface area contributed by atoms with Crippen LogP contribution in [-0.4, -0.2) is 74.7 Å². The van der Waals surface area contributed by atoms with E-state index in [2.05, 4.69) is 28.3 Å². The van der Waals surface area contributed by atoms with Gasteiger partial charge >= 0.3 is 12.1 Å². The van der Waals surface area contributed by atoms with Crippen molar-refractivity contribution in [2.45, 2.75) is 64.7 Å². The Labute approximate surface area is 184 Å². The van der Waals surface area contributed by atoms with Crippen LogP contribution < -0.4 is 5.56 Å². The quantitative estimate of drug-likeness (QED) is 0.730. The van der Waals surface area contributed by atoms with Crippen LogP contribution in [0.3, 0.4) is 0 Å². The molecule has 1 aromatic heterocycles. The maximum Gasteiger partial charge on any atom is 0.490 e. The molecule has 0 saturated carbocycles. The van der Waals surface area contributed by atoms with Gasteiger partial charge in [-0.3, -0.25) is 9.59 Å². The summed E-state index contributed by atoms with van der Waals surface area (Å²) < 4.78 is 33.8. The molecule has 2 saturated heterocycles. The number of piperidine rings is 1. The average Bonchev–Trinajstić information content (AvgIpc) is 3.29. The zero-order valence-electron chi connectivity index (χ0n) is 18.3. The lowest BCUT2D eigenvalue weighted by molar-refractivity contribution is -0.192. The zero-order valence-corrected chi connectivity index (χ0v) is 18.3. The molecule has 4 rings (SSSR count). The normalized spacial score (nSPS) is 23.2. The van der Waals surface area contributed by atoms with Crippen molar-refractivity contribution >= 4 is 11.9 Å². The van der Waals surface area contributed by atoms with Gasteiger partial charge in [0.2, 0.25) is 0 Å². The second-order valence-electron chi connectivity index (χ2n) is 9.15. The number of amides is 1. The van der Waals surface area contributed by atoms with Crippen LogP contribution in [0.5, 0.6) is 0 Å². The highest BCUT2D eigenvalue weighted by Crippen LogP contribution is 2.40. The van der Waals surface area contributed by atoms with Gasteiger partial charge in [-0.05, 0) is 46.1 Å². The monoisotopic (exact) mass is 458 g/mol. The van der Waals surface area contributed by atoms with Gasteiger partial charge in [0.15, 0.2) is 0 Å². The maximum absolute atomic E-state index is 12.7. The Kier molecular flexibility index (Phi) is 6.97. The van der Waals surface area contributed by atoms with Crippen LogP contribution in [-0.2, 0) is 17.8 Å². The van der Waals surface area contributed by atoms with E-state index in [1.165, 1.54) is 6.42 Å². The number of carboxylic acid groups (broad SMARTS) is 1. The van der Waals surface area contributed by atoms with E-state index in [1.54, 1.807) is 6.20 Å². The molecule has 1 spiro atoms. The van der Waals surface area contributed by atoms with Crippen LogP contribution in [0.25, 0.3) is 0 Å². The fourth-order valence-electron chi connectivity index (χ4n) is 4.66. The number of fused-ring (bicyclic) bond motifs is 1. The second-order valence-corrected chi connectivity index (χ2v) is 9.15. The van der Waals surface area contributed by atoms with Gasteiger partial charge in [0.1, 0.15) is 11.4 Å². The number of carbonyl (C=O) groups is 2. The highest BCUT2D eigenvalue weighted by molar-refractivity contribution is 5.93. The Hall–Kier alpha value is -2.43. The number of carboxylic acids is 1. The molecule has 1 unspecified atom stereocenters. The second kappa shape index (κ2) is 9.21. The molecule has 2 fully saturated rings. The van der Waals surface area contributed by atoms with Crippen molar-refractivity contribution in [1.82, 2.24) is 19.4 Å². The van der Waals surface area contributed by atoms with Crippen molar-refractivity contribution in [3.05, 3.63) is 27.9 Å². The van der Waals surface area contributed by atoms with Crippen molar-refractivity contribution in [1.29, 1.82) is 0 Å². The molecule has 8 nitrogen and oxygen atoms in total. The molecular weight excluding hydrogens is 429 g/mol. The molecule has 1 atom stereocenters. The van der Waals surface area contributed by atoms with E-state index in [9.17, 15) is 22.8 Å². The van der Waals surface area contributed by atoms with Crippen LogP contribution in [0, 0.1) is 5.41 Å². The molecule has 4 heterocycles. The third kappa shape index (κ3) is 5.31. The van der Waals surface area contributed by atoms with Crippen LogP contribution in [0.15, 0.2) is 11.0 Å². The summed E-state index contributed by atoms with van der Waals surface area (Å²) in [6.45, 7) is 9.02. The summed E-state index contributed by atoms with van der Waals surface area (Å²) in [5, 5.41) is 7.12. The molecule has 1 N–H and O–H groups in total. The molecule has 32 heavy (non-hydrogen) atoms. The SMILES string of the molecule is CC(C)N1CCC2(Cc3nc(=O)c(C(=O)N4CCCCC4)cn3C2)C1.O=C(O)C(F)(F)F. The van der Waals surface area contributed by atoms with Gasteiger partial charge in [-0.2, -0.15) is 18.2 Å².